The third-order valence-corrected chi connectivity index (χ3v) is 8.39. The molecule has 164 valence electrons. The Bertz CT molecular complexity index is 1210. The number of fused-ring (bicyclic) bond motifs is 2. The van der Waals surface area contributed by atoms with Gasteiger partial charge in [0.2, 0.25) is 10.0 Å². The van der Waals surface area contributed by atoms with Gasteiger partial charge in [-0.15, -0.1) is 0 Å². The smallest absolute Gasteiger partial charge is 0.331 e. The van der Waals surface area contributed by atoms with Gasteiger partial charge >= 0.3 is 6.03 Å². The van der Waals surface area contributed by atoms with Gasteiger partial charge in [-0.05, 0) is 48.5 Å². The van der Waals surface area contributed by atoms with E-state index in [9.17, 15) is 13.2 Å². The van der Waals surface area contributed by atoms with E-state index in [1.807, 2.05) is 48.5 Å². The first-order valence-corrected chi connectivity index (χ1v) is 12.4. The summed E-state index contributed by atoms with van der Waals surface area (Å²) in [5.41, 5.74) is 2.13. The molecular weight excluding hydrogens is 446 g/mol. The number of rotatable bonds is 3. The van der Waals surface area contributed by atoms with Crippen LogP contribution in [-0.4, -0.2) is 45.1 Å². The van der Waals surface area contributed by atoms with Crippen molar-refractivity contribution in [2.45, 2.75) is 14.7 Å². The zero-order valence-corrected chi connectivity index (χ0v) is 18.7. The van der Waals surface area contributed by atoms with Gasteiger partial charge in [0, 0.05) is 28.6 Å². The van der Waals surface area contributed by atoms with Gasteiger partial charge in [-0.25, -0.2) is 13.2 Å². The van der Waals surface area contributed by atoms with E-state index in [1.165, 1.54) is 16.4 Å². The second kappa shape index (κ2) is 8.59. The van der Waals surface area contributed by atoms with E-state index in [0.717, 1.165) is 21.2 Å². The molecule has 0 spiro atoms. The third kappa shape index (κ3) is 3.88. The number of sulfonamides is 1. The first-order chi connectivity index (χ1) is 15.5. The third-order valence-electron chi connectivity index (χ3n) is 5.35. The summed E-state index contributed by atoms with van der Waals surface area (Å²) in [5.74, 6) is 0. The minimum atomic E-state index is -3.58. The summed E-state index contributed by atoms with van der Waals surface area (Å²) in [4.78, 5) is 17.1. The van der Waals surface area contributed by atoms with Crippen LogP contribution in [0.15, 0.2) is 87.5 Å². The second-order valence-corrected chi connectivity index (χ2v) is 10.4. The van der Waals surface area contributed by atoms with E-state index in [4.69, 9.17) is 4.74 Å². The van der Waals surface area contributed by atoms with Gasteiger partial charge in [0.1, 0.15) is 0 Å². The number of morpholine rings is 1. The number of benzene rings is 3. The summed E-state index contributed by atoms with van der Waals surface area (Å²) in [7, 11) is -3.58. The first-order valence-electron chi connectivity index (χ1n) is 10.2. The Kier molecular flexibility index (Phi) is 5.64. The highest BCUT2D eigenvalue weighted by Gasteiger charge is 2.29. The number of amides is 2. The number of carbonyl (C=O) groups is 1. The molecule has 0 radical (unpaired) electrons. The van der Waals surface area contributed by atoms with Crippen LogP contribution in [0.5, 0.6) is 0 Å². The lowest BCUT2D eigenvalue weighted by Gasteiger charge is -2.31. The maximum absolute atomic E-state index is 13.3. The van der Waals surface area contributed by atoms with Crippen LogP contribution in [0.25, 0.3) is 0 Å². The summed E-state index contributed by atoms with van der Waals surface area (Å²) in [6, 6.07) is 21.5. The molecule has 0 aromatic heterocycles. The number of nitrogens with one attached hydrogen (secondary N) is 1. The Hall–Kier alpha value is -2.85. The van der Waals surface area contributed by atoms with E-state index in [2.05, 4.69) is 5.32 Å². The van der Waals surface area contributed by atoms with E-state index in [0.29, 0.717) is 32.0 Å². The average Bonchev–Trinajstić information content (AvgIpc) is 2.83. The van der Waals surface area contributed by atoms with Crippen LogP contribution in [-0.2, 0) is 14.8 Å². The predicted octanol–water partition coefficient (Wildman–Crippen LogP) is 4.54. The van der Waals surface area contributed by atoms with Crippen molar-refractivity contribution in [1.29, 1.82) is 0 Å². The fraction of sp³-hybridized carbons (Fsp3) is 0.174. The molecule has 2 heterocycles. The fourth-order valence-corrected chi connectivity index (χ4v) is 6.21. The van der Waals surface area contributed by atoms with Gasteiger partial charge in [-0.1, -0.05) is 36.0 Å². The van der Waals surface area contributed by atoms with Crippen LogP contribution >= 0.6 is 11.8 Å². The second-order valence-electron chi connectivity index (χ2n) is 7.34. The van der Waals surface area contributed by atoms with E-state index < -0.39 is 10.0 Å². The molecule has 0 atom stereocenters. The largest absolute Gasteiger partial charge is 0.379 e. The quantitative estimate of drug-likeness (QED) is 0.612. The normalized spacial score (nSPS) is 16.2. The molecule has 2 aliphatic rings. The van der Waals surface area contributed by atoms with Crippen LogP contribution in [0, 0.1) is 0 Å². The van der Waals surface area contributed by atoms with Crippen molar-refractivity contribution in [2.75, 3.05) is 36.5 Å². The molecule has 32 heavy (non-hydrogen) atoms. The van der Waals surface area contributed by atoms with Crippen molar-refractivity contribution < 1.29 is 17.9 Å². The highest BCUT2D eigenvalue weighted by Crippen LogP contribution is 2.48. The molecule has 1 fully saturated rings. The van der Waals surface area contributed by atoms with Gasteiger partial charge in [0.05, 0.1) is 29.5 Å². The van der Waals surface area contributed by atoms with Crippen molar-refractivity contribution in [3.8, 4) is 0 Å². The van der Waals surface area contributed by atoms with Gasteiger partial charge in [-0.2, -0.15) is 4.31 Å². The molecule has 0 bridgehead atoms. The number of ether oxygens (including phenoxy) is 1. The van der Waals surface area contributed by atoms with E-state index >= 15 is 0 Å². The monoisotopic (exact) mass is 467 g/mol. The zero-order valence-electron chi connectivity index (χ0n) is 17.1. The minimum Gasteiger partial charge on any atom is -0.379 e. The summed E-state index contributed by atoms with van der Waals surface area (Å²) >= 11 is 1.63. The van der Waals surface area contributed by atoms with Gasteiger partial charge in [-0.3, -0.25) is 4.90 Å². The van der Waals surface area contributed by atoms with Crippen LogP contribution in [0.4, 0.5) is 21.9 Å². The molecule has 1 N–H and O–H groups in total. The molecular formula is C23H21N3O4S2. The number of urea groups is 1. The maximum atomic E-state index is 13.3. The highest BCUT2D eigenvalue weighted by molar-refractivity contribution is 7.99. The Labute approximate surface area is 191 Å². The summed E-state index contributed by atoms with van der Waals surface area (Å²) in [6.07, 6.45) is 0. The van der Waals surface area contributed by atoms with E-state index in [-0.39, 0.29) is 10.9 Å². The predicted molar refractivity (Wildman–Crippen MR) is 124 cm³/mol. The fourth-order valence-electron chi connectivity index (χ4n) is 3.75. The summed E-state index contributed by atoms with van der Waals surface area (Å²) in [6.45, 7) is 1.47. The molecule has 1 saturated heterocycles. The van der Waals surface area contributed by atoms with Crippen molar-refractivity contribution in [1.82, 2.24) is 4.31 Å². The van der Waals surface area contributed by atoms with Gasteiger partial charge in [0.15, 0.2) is 0 Å². The molecule has 2 aliphatic heterocycles. The Balaban J connectivity index is 1.39. The average molecular weight is 468 g/mol. The van der Waals surface area contributed by atoms with Crippen LogP contribution < -0.4 is 10.2 Å². The molecule has 9 heteroatoms. The van der Waals surface area contributed by atoms with Crippen molar-refractivity contribution in [3.05, 3.63) is 72.8 Å². The van der Waals surface area contributed by atoms with Crippen molar-refractivity contribution in [2.24, 2.45) is 0 Å². The topological polar surface area (TPSA) is 79.0 Å². The molecule has 7 nitrogen and oxygen atoms in total. The number of hydrogen-bond donors (Lipinski definition) is 1. The summed E-state index contributed by atoms with van der Waals surface area (Å²) in [5, 5.41) is 2.90. The van der Waals surface area contributed by atoms with Gasteiger partial charge < -0.3 is 10.1 Å². The molecule has 3 aromatic carbocycles. The minimum absolute atomic E-state index is 0.197. The van der Waals surface area contributed by atoms with E-state index in [1.54, 1.807) is 28.8 Å². The summed E-state index contributed by atoms with van der Waals surface area (Å²) < 4.78 is 32.3. The number of nitrogens with zero attached hydrogens (tertiary/aromatic N) is 2. The molecule has 5 rings (SSSR count). The van der Waals surface area contributed by atoms with Crippen molar-refractivity contribution >= 4 is 44.9 Å². The highest BCUT2D eigenvalue weighted by atomic mass is 32.2. The molecule has 0 aliphatic carbocycles. The number of hydrogen-bond acceptors (Lipinski definition) is 5. The Morgan fingerprint density at radius 1 is 0.844 bits per heavy atom. The van der Waals surface area contributed by atoms with Crippen molar-refractivity contribution in [3.63, 3.8) is 0 Å². The SMILES string of the molecule is O=C(Nc1ccc(S(=O)(=O)N2CCOCC2)cc1)N1c2ccccc2Sc2ccccc21. The number of anilines is 3. The lowest BCUT2D eigenvalue weighted by atomic mass is 10.2. The van der Waals surface area contributed by atoms with Crippen LogP contribution in [0.1, 0.15) is 0 Å². The van der Waals surface area contributed by atoms with Crippen LogP contribution in [0.2, 0.25) is 0 Å². The molecule has 3 aromatic rings. The van der Waals surface area contributed by atoms with Gasteiger partial charge in [0.25, 0.3) is 0 Å². The Morgan fingerprint density at radius 2 is 1.41 bits per heavy atom. The lowest BCUT2D eigenvalue weighted by molar-refractivity contribution is 0.0730. The molecule has 2 amide bonds. The Morgan fingerprint density at radius 3 is 2.00 bits per heavy atom. The lowest BCUT2D eigenvalue weighted by Crippen LogP contribution is -2.40. The first kappa shape index (κ1) is 21.0. The molecule has 0 saturated carbocycles. The zero-order chi connectivity index (χ0) is 22.1. The molecule has 0 unspecified atom stereocenters. The van der Waals surface area contributed by atoms with Crippen LogP contribution in [0.3, 0.4) is 0 Å². The number of para-hydroxylation sites is 2. The maximum Gasteiger partial charge on any atom is 0.331 e. The number of carbonyl (C=O) groups excluding carboxylic acids is 1. The standard InChI is InChI=1S/C23H21N3O4S2/c27-23(26-19-5-1-3-7-21(19)31-22-8-4-2-6-20(22)26)24-17-9-11-18(12-10-17)32(28,29)25-13-15-30-16-14-25/h1-12H,13-16H2,(H,24,27).